The summed E-state index contributed by atoms with van der Waals surface area (Å²) in [5.74, 6) is -0.172. The number of aromatic nitrogens is 2. The minimum atomic E-state index is -4.52. The van der Waals surface area contributed by atoms with E-state index in [4.69, 9.17) is 12.2 Å². The third kappa shape index (κ3) is 5.53. The summed E-state index contributed by atoms with van der Waals surface area (Å²) in [6.07, 6.45) is -2.68. The van der Waals surface area contributed by atoms with Gasteiger partial charge in [-0.3, -0.25) is 9.78 Å². The van der Waals surface area contributed by atoms with Crippen molar-refractivity contribution < 1.29 is 18.0 Å². The summed E-state index contributed by atoms with van der Waals surface area (Å²) < 4.78 is 43.7. The van der Waals surface area contributed by atoms with E-state index in [0.29, 0.717) is 23.0 Å². The Morgan fingerprint density at radius 2 is 1.70 bits per heavy atom. The van der Waals surface area contributed by atoms with Crippen LogP contribution in [0.15, 0.2) is 97.2 Å². The number of carbonyl (C=O) groups is 1. The summed E-state index contributed by atoms with van der Waals surface area (Å²) in [5, 5.41) is 8.83. The average Bonchev–Trinajstić information content (AvgIpc) is 3.50. The maximum Gasteiger partial charge on any atom is 0.418 e. The van der Waals surface area contributed by atoms with Crippen LogP contribution in [0.2, 0.25) is 0 Å². The van der Waals surface area contributed by atoms with E-state index >= 15 is 0 Å². The summed E-state index contributed by atoms with van der Waals surface area (Å²) >= 11 is 5.79. The molecule has 6 rings (SSSR count). The van der Waals surface area contributed by atoms with Crippen LogP contribution in [0.4, 0.5) is 18.9 Å². The molecule has 44 heavy (non-hydrogen) atoms. The molecule has 5 aromatic rings. The fourth-order valence-electron chi connectivity index (χ4n) is 6.12. The van der Waals surface area contributed by atoms with E-state index in [1.165, 1.54) is 12.1 Å². The second-order valence-electron chi connectivity index (χ2n) is 10.8. The van der Waals surface area contributed by atoms with Gasteiger partial charge in [0.05, 0.1) is 29.0 Å². The molecule has 6 nitrogen and oxygen atoms in total. The zero-order chi connectivity index (χ0) is 31.0. The van der Waals surface area contributed by atoms with E-state index in [-0.39, 0.29) is 24.1 Å². The highest BCUT2D eigenvalue weighted by atomic mass is 32.1. The summed E-state index contributed by atoms with van der Waals surface area (Å²) in [7, 11) is 0. The van der Waals surface area contributed by atoms with Gasteiger partial charge < -0.3 is 20.1 Å². The molecule has 224 valence electrons. The van der Waals surface area contributed by atoms with Crippen molar-refractivity contribution in [2.24, 2.45) is 0 Å². The van der Waals surface area contributed by atoms with Crippen LogP contribution in [0, 0.1) is 13.8 Å². The number of nitrogens with one attached hydrogen (secondary N) is 2. The fraction of sp³-hybridized carbons (Fsp3) is 0.206. The topological polar surface area (TPSA) is 62.2 Å². The van der Waals surface area contributed by atoms with Gasteiger partial charge in [-0.15, -0.1) is 0 Å². The van der Waals surface area contributed by atoms with Crippen molar-refractivity contribution in [3.63, 3.8) is 0 Å². The van der Waals surface area contributed by atoms with Gasteiger partial charge in [0.1, 0.15) is 0 Å². The lowest BCUT2D eigenvalue weighted by Crippen LogP contribution is -2.33. The van der Waals surface area contributed by atoms with Gasteiger partial charge in [-0.2, -0.15) is 13.2 Å². The van der Waals surface area contributed by atoms with Crippen LogP contribution < -0.4 is 10.6 Å². The van der Waals surface area contributed by atoms with Gasteiger partial charge in [0.2, 0.25) is 5.91 Å². The Kier molecular flexibility index (Phi) is 7.85. The highest BCUT2D eigenvalue weighted by molar-refractivity contribution is 7.80. The lowest BCUT2D eigenvalue weighted by molar-refractivity contribution is -0.137. The van der Waals surface area contributed by atoms with Crippen molar-refractivity contribution in [2.45, 2.75) is 38.5 Å². The molecule has 10 heteroatoms. The maximum absolute atomic E-state index is 14.0. The fourth-order valence-corrected chi connectivity index (χ4v) is 6.45. The number of alkyl halides is 3. The van der Waals surface area contributed by atoms with Crippen molar-refractivity contribution in [1.82, 2.24) is 19.8 Å². The molecule has 0 radical (unpaired) electrons. The van der Waals surface area contributed by atoms with Gasteiger partial charge in [0, 0.05) is 41.6 Å². The van der Waals surface area contributed by atoms with Gasteiger partial charge in [0.25, 0.3) is 0 Å². The second-order valence-corrected chi connectivity index (χ2v) is 11.2. The predicted molar refractivity (Wildman–Crippen MR) is 170 cm³/mol. The van der Waals surface area contributed by atoms with E-state index in [0.717, 1.165) is 33.8 Å². The number of hydrogen-bond donors (Lipinski definition) is 2. The Morgan fingerprint density at radius 1 is 0.977 bits per heavy atom. The molecule has 0 aliphatic carbocycles. The number of carbonyl (C=O) groups excluding carboxylic acids is 1. The Labute approximate surface area is 258 Å². The number of fused-ring (bicyclic) bond motifs is 1. The standard InChI is InChI=1S/C34H30F3N5OS/c1-21-20-25(22(2)42(21)29-16-6-5-13-26(29)34(35,36)37)32-31(28-14-7-8-18-38-28)40-33(44)41(32)19-17-30(43)39-27-15-9-11-23-10-3-4-12-24(23)27/h3-16,18,20,31-32H,17,19H2,1-2H3,(H,39,43)(H,40,44)/t31-,32+/m1/s1. The van der Waals surface area contributed by atoms with E-state index in [1.54, 1.807) is 23.8 Å². The highest BCUT2D eigenvalue weighted by Crippen LogP contribution is 2.43. The van der Waals surface area contributed by atoms with Crippen LogP contribution in [0.1, 0.15) is 46.7 Å². The molecular weight excluding hydrogens is 583 g/mol. The first-order valence-electron chi connectivity index (χ1n) is 14.2. The molecule has 1 aliphatic rings. The van der Waals surface area contributed by atoms with Gasteiger partial charge in [-0.1, -0.05) is 54.6 Å². The number of halogens is 3. The molecule has 3 aromatic carbocycles. The Balaban J connectivity index is 1.34. The van der Waals surface area contributed by atoms with Crippen molar-refractivity contribution in [2.75, 3.05) is 11.9 Å². The predicted octanol–water partition coefficient (Wildman–Crippen LogP) is 7.66. The smallest absolute Gasteiger partial charge is 0.352 e. The molecule has 0 bridgehead atoms. The third-order valence-electron chi connectivity index (χ3n) is 8.08. The average molecular weight is 614 g/mol. The zero-order valence-electron chi connectivity index (χ0n) is 24.1. The number of anilines is 1. The van der Waals surface area contributed by atoms with Crippen molar-refractivity contribution in [1.29, 1.82) is 0 Å². The first-order valence-corrected chi connectivity index (χ1v) is 14.7. The Morgan fingerprint density at radius 3 is 2.48 bits per heavy atom. The van der Waals surface area contributed by atoms with Gasteiger partial charge in [0.15, 0.2) is 5.11 Å². The molecule has 1 amide bonds. The molecule has 0 spiro atoms. The van der Waals surface area contributed by atoms with Crippen molar-refractivity contribution >= 4 is 39.7 Å². The molecule has 1 fully saturated rings. The van der Waals surface area contributed by atoms with E-state index in [9.17, 15) is 18.0 Å². The first-order chi connectivity index (χ1) is 21.1. The van der Waals surface area contributed by atoms with Gasteiger partial charge in [-0.05, 0) is 73.4 Å². The van der Waals surface area contributed by atoms with E-state index in [1.807, 2.05) is 78.6 Å². The number of amides is 1. The van der Waals surface area contributed by atoms with E-state index < -0.39 is 17.8 Å². The number of pyridine rings is 1. The van der Waals surface area contributed by atoms with Crippen LogP contribution >= 0.6 is 12.2 Å². The minimum absolute atomic E-state index is 0.0604. The molecule has 2 aromatic heterocycles. The largest absolute Gasteiger partial charge is 0.418 e. The first kappa shape index (κ1) is 29.4. The van der Waals surface area contributed by atoms with Crippen LogP contribution in [0.3, 0.4) is 0 Å². The molecule has 1 saturated heterocycles. The number of aryl methyl sites for hydroxylation is 1. The molecule has 0 unspecified atom stereocenters. The molecule has 2 atom stereocenters. The number of benzene rings is 3. The number of rotatable bonds is 7. The number of para-hydroxylation sites is 1. The molecular formula is C34H30F3N5OS. The monoisotopic (exact) mass is 613 g/mol. The summed E-state index contributed by atoms with van der Waals surface area (Å²) in [5.41, 5.74) is 2.93. The quantitative estimate of drug-likeness (QED) is 0.185. The normalized spacial score (nSPS) is 16.8. The van der Waals surface area contributed by atoms with Gasteiger partial charge in [-0.25, -0.2) is 0 Å². The maximum atomic E-state index is 14.0. The SMILES string of the molecule is Cc1cc([C@H]2[C@@H](c3ccccn3)NC(=S)N2CCC(=O)Nc2cccc3ccccc23)c(C)n1-c1ccccc1C(F)(F)F. The summed E-state index contributed by atoms with van der Waals surface area (Å²) in [6, 6.07) is 25.9. The number of hydrogen-bond acceptors (Lipinski definition) is 3. The molecule has 0 saturated carbocycles. The van der Waals surface area contributed by atoms with Gasteiger partial charge >= 0.3 is 6.18 Å². The van der Waals surface area contributed by atoms with Crippen LogP contribution in [0.25, 0.3) is 16.5 Å². The number of nitrogens with zero attached hydrogens (tertiary/aromatic N) is 3. The zero-order valence-corrected chi connectivity index (χ0v) is 24.9. The third-order valence-corrected chi connectivity index (χ3v) is 8.43. The van der Waals surface area contributed by atoms with Crippen molar-refractivity contribution in [3.05, 3.63) is 125 Å². The second kappa shape index (κ2) is 11.8. The van der Waals surface area contributed by atoms with Crippen molar-refractivity contribution in [3.8, 4) is 5.69 Å². The summed E-state index contributed by atoms with van der Waals surface area (Å²) in [4.78, 5) is 19.7. The molecule has 1 aliphatic heterocycles. The van der Waals surface area contributed by atoms with Crippen LogP contribution in [-0.4, -0.2) is 32.0 Å². The number of thiocarbonyl (C=S) groups is 1. The Bertz CT molecular complexity index is 1850. The lowest BCUT2D eigenvalue weighted by atomic mass is 9.96. The lowest BCUT2D eigenvalue weighted by Gasteiger charge is -2.28. The molecule has 2 N–H and O–H groups in total. The highest BCUT2D eigenvalue weighted by Gasteiger charge is 2.42. The molecule has 3 heterocycles. The summed E-state index contributed by atoms with van der Waals surface area (Å²) in [6.45, 7) is 3.90. The van der Waals surface area contributed by atoms with E-state index in [2.05, 4.69) is 15.6 Å². The minimum Gasteiger partial charge on any atom is -0.352 e. The van der Waals surface area contributed by atoms with Crippen LogP contribution in [0.5, 0.6) is 0 Å². The Hall–Kier alpha value is -4.70. The van der Waals surface area contributed by atoms with Crippen LogP contribution in [-0.2, 0) is 11.0 Å².